The molecule has 1 N–H and O–H groups in total. The number of rotatable bonds is 5. The van der Waals surface area contributed by atoms with E-state index in [4.69, 9.17) is 5.26 Å². The van der Waals surface area contributed by atoms with Crippen molar-refractivity contribution < 1.29 is 0 Å². The van der Waals surface area contributed by atoms with Gasteiger partial charge < -0.3 is 4.90 Å². The largest absolute Gasteiger partial charge is 0.372 e. The van der Waals surface area contributed by atoms with Crippen molar-refractivity contribution in [3.8, 4) is 6.07 Å². The summed E-state index contributed by atoms with van der Waals surface area (Å²) in [5.74, 6) is 0. The van der Waals surface area contributed by atoms with Gasteiger partial charge >= 0.3 is 0 Å². The molecule has 1 saturated carbocycles. The highest BCUT2D eigenvalue weighted by molar-refractivity contribution is 5.50. The van der Waals surface area contributed by atoms with Gasteiger partial charge in [-0.15, -0.1) is 0 Å². The van der Waals surface area contributed by atoms with Crippen LogP contribution in [-0.4, -0.2) is 25.7 Å². The van der Waals surface area contributed by atoms with Crippen LogP contribution in [0.5, 0.6) is 0 Å². The van der Waals surface area contributed by atoms with E-state index in [-0.39, 0.29) is 6.04 Å². The molecular formula is C15H21N3. The van der Waals surface area contributed by atoms with Gasteiger partial charge in [0.25, 0.3) is 0 Å². The lowest BCUT2D eigenvalue weighted by molar-refractivity contribution is 0.593. The summed E-state index contributed by atoms with van der Waals surface area (Å²) >= 11 is 0. The molecule has 1 atom stereocenters. The van der Waals surface area contributed by atoms with Crippen LogP contribution in [0.1, 0.15) is 24.0 Å². The Kier molecular flexibility index (Phi) is 3.88. The zero-order valence-electron chi connectivity index (χ0n) is 11.4. The van der Waals surface area contributed by atoms with Crippen molar-refractivity contribution in [1.82, 2.24) is 5.32 Å². The number of nitriles is 1. The average molecular weight is 243 g/mol. The average Bonchev–Trinajstić information content (AvgIpc) is 3.10. The number of anilines is 1. The second-order valence-electron chi connectivity index (χ2n) is 5.35. The van der Waals surface area contributed by atoms with Gasteiger partial charge in [-0.2, -0.15) is 5.26 Å². The maximum Gasteiger partial charge on any atom is 0.113 e. The number of nitrogens with one attached hydrogen (secondary N) is 1. The van der Waals surface area contributed by atoms with E-state index in [0.717, 1.165) is 6.54 Å². The lowest BCUT2D eigenvalue weighted by Gasteiger charge is -2.23. The molecule has 1 aromatic rings. The van der Waals surface area contributed by atoms with Gasteiger partial charge in [-0.3, -0.25) is 5.32 Å². The predicted molar refractivity (Wildman–Crippen MR) is 74.7 cm³/mol. The van der Waals surface area contributed by atoms with Crippen LogP contribution < -0.4 is 10.2 Å². The van der Waals surface area contributed by atoms with Gasteiger partial charge in [0.05, 0.1) is 6.07 Å². The van der Waals surface area contributed by atoms with Gasteiger partial charge in [0, 0.05) is 25.3 Å². The van der Waals surface area contributed by atoms with Crippen molar-refractivity contribution in [1.29, 1.82) is 5.26 Å². The van der Waals surface area contributed by atoms with E-state index in [1.54, 1.807) is 0 Å². The first kappa shape index (κ1) is 12.9. The van der Waals surface area contributed by atoms with Crippen molar-refractivity contribution in [2.45, 2.75) is 38.8 Å². The van der Waals surface area contributed by atoms with Gasteiger partial charge in [-0.1, -0.05) is 6.07 Å². The van der Waals surface area contributed by atoms with Crippen LogP contribution in [-0.2, 0) is 0 Å². The summed E-state index contributed by atoms with van der Waals surface area (Å²) in [5, 5.41) is 12.5. The molecule has 2 rings (SSSR count). The Morgan fingerprint density at radius 3 is 2.44 bits per heavy atom. The first-order valence-corrected chi connectivity index (χ1v) is 6.53. The van der Waals surface area contributed by atoms with Gasteiger partial charge in [-0.25, -0.2) is 0 Å². The summed E-state index contributed by atoms with van der Waals surface area (Å²) in [6.45, 7) is 4.94. The minimum atomic E-state index is -0.0803. The Morgan fingerprint density at radius 2 is 1.94 bits per heavy atom. The van der Waals surface area contributed by atoms with Gasteiger partial charge in [0.2, 0.25) is 0 Å². The molecule has 0 heterocycles. The third kappa shape index (κ3) is 3.48. The van der Waals surface area contributed by atoms with Crippen molar-refractivity contribution in [3.05, 3.63) is 29.3 Å². The van der Waals surface area contributed by atoms with E-state index in [9.17, 15) is 0 Å². The van der Waals surface area contributed by atoms with Crippen molar-refractivity contribution in [2.75, 3.05) is 18.5 Å². The lowest BCUT2D eigenvalue weighted by atomic mass is 10.1. The molecule has 0 aliphatic heterocycles. The Hall–Kier alpha value is -1.53. The highest BCUT2D eigenvalue weighted by Gasteiger charge is 2.25. The Bertz CT molecular complexity index is 437. The fourth-order valence-corrected chi connectivity index (χ4v) is 2.22. The summed E-state index contributed by atoms with van der Waals surface area (Å²) in [6, 6.07) is 9.34. The minimum absolute atomic E-state index is 0.0803. The Labute approximate surface area is 109 Å². The molecule has 0 aromatic heterocycles. The number of likely N-dealkylation sites (N-methyl/N-ethyl adjacent to an activating group) is 1. The molecular weight excluding hydrogens is 222 g/mol. The van der Waals surface area contributed by atoms with Crippen LogP contribution in [0.2, 0.25) is 0 Å². The number of benzene rings is 1. The maximum atomic E-state index is 9.17. The smallest absolute Gasteiger partial charge is 0.113 e. The third-order valence-corrected chi connectivity index (χ3v) is 3.27. The highest BCUT2D eigenvalue weighted by Crippen LogP contribution is 2.21. The molecule has 0 bridgehead atoms. The summed E-state index contributed by atoms with van der Waals surface area (Å²) in [4.78, 5) is 2.16. The van der Waals surface area contributed by atoms with E-state index < -0.39 is 0 Å². The Morgan fingerprint density at radius 1 is 1.33 bits per heavy atom. The lowest BCUT2D eigenvalue weighted by Crippen LogP contribution is -2.39. The van der Waals surface area contributed by atoms with Crippen LogP contribution in [0.4, 0.5) is 5.69 Å². The second kappa shape index (κ2) is 5.41. The molecule has 1 aromatic carbocycles. The van der Waals surface area contributed by atoms with E-state index >= 15 is 0 Å². The maximum absolute atomic E-state index is 9.17. The molecule has 0 amide bonds. The van der Waals surface area contributed by atoms with E-state index in [2.05, 4.69) is 48.3 Å². The zero-order valence-corrected chi connectivity index (χ0v) is 11.4. The molecule has 1 aliphatic carbocycles. The third-order valence-electron chi connectivity index (χ3n) is 3.27. The van der Waals surface area contributed by atoms with E-state index in [1.807, 2.05) is 7.05 Å². The summed E-state index contributed by atoms with van der Waals surface area (Å²) < 4.78 is 0. The van der Waals surface area contributed by atoms with Crippen molar-refractivity contribution in [2.24, 2.45) is 0 Å². The van der Waals surface area contributed by atoms with Gasteiger partial charge in [0.15, 0.2) is 0 Å². The minimum Gasteiger partial charge on any atom is -0.372 e. The topological polar surface area (TPSA) is 39.1 Å². The fraction of sp³-hybridized carbons (Fsp3) is 0.533. The van der Waals surface area contributed by atoms with Crippen LogP contribution in [0.3, 0.4) is 0 Å². The molecule has 18 heavy (non-hydrogen) atoms. The molecule has 0 saturated heterocycles. The van der Waals surface area contributed by atoms with E-state index in [0.29, 0.717) is 6.04 Å². The predicted octanol–water partition coefficient (Wildman–Crippen LogP) is 2.38. The van der Waals surface area contributed by atoms with Crippen LogP contribution in [0.15, 0.2) is 18.2 Å². The standard InChI is InChI=1S/C15H21N3/c1-11-6-12(2)8-15(7-11)18(3)10-14(9-16)17-13-4-5-13/h6-8,13-14,17H,4-5,10H2,1-3H3. The SMILES string of the molecule is Cc1cc(C)cc(N(C)CC(C#N)NC2CC2)c1. The monoisotopic (exact) mass is 243 g/mol. The van der Waals surface area contributed by atoms with Crippen molar-refractivity contribution >= 4 is 5.69 Å². The summed E-state index contributed by atoms with van der Waals surface area (Å²) in [6.07, 6.45) is 2.43. The molecule has 3 heteroatoms. The van der Waals surface area contributed by atoms with E-state index in [1.165, 1.54) is 29.7 Å². The normalized spacial score (nSPS) is 16.1. The molecule has 1 unspecified atom stereocenters. The van der Waals surface area contributed by atoms with Gasteiger partial charge in [-0.05, 0) is 49.9 Å². The number of nitrogens with zero attached hydrogens (tertiary/aromatic N) is 2. The van der Waals surface area contributed by atoms with Gasteiger partial charge in [0.1, 0.15) is 6.04 Å². The van der Waals surface area contributed by atoms with Crippen LogP contribution >= 0.6 is 0 Å². The number of hydrogen-bond acceptors (Lipinski definition) is 3. The Balaban J connectivity index is 2.00. The summed E-state index contributed by atoms with van der Waals surface area (Å²) in [5.41, 5.74) is 3.71. The quantitative estimate of drug-likeness (QED) is 0.863. The van der Waals surface area contributed by atoms with Crippen LogP contribution in [0, 0.1) is 25.2 Å². The molecule has 96 valence electrons. The first-order valence-electron chi connectivity index (χ1n) is 6.53. The molecule has 3 nitrogen and oxygen atoms in total. The fourth-order valence-electron chi connectivity index (χ4n) is 2.22. The molecule has 1 fully saturated rings. The number of hydrogen-bond donors (Lipinski definition) is 1. The zero-order chi connectivity index (χ0) is 13.1. The highest BCUT2D eigenvalue weighted by atomic mass is 15.1. The summed E-state index contributed by atoms with van der Waals surface area (Å²) in [7, 11) is 2.05. The molecule has 1 aliphatic rings. The second-order valence-corrected chi connectivity index (χ2v) is 5.35. The first-order chi connectivity index (χ1) is 8.58. The number of aryl methyl sites for hydroxylation is 2. The van der Waals surface area contributed by atoms with Crippen LogP contribution in [0.25, 0.3) is 0 Å². The molecule has 0 spiro atoms. The molecule has 0 radical (unpaired) electrons. The van der Waals surface area contributed by atoms with Crippen molar-refractivity contribution in [3.63, 3.8) is 0 Å².